The van der Waals surface area contributed by atoms with Gasteiger partial charge in [-0.25, -0.2) is 0 Å². The van der Waals surface area contributed by atoms with Gasteiger partial charge in [-0.3, -0.25) is 9.59 Å². The van der Waals surface area contributed by atoms with Gasteiger partial charge in [-0.2, -0.15) is 5.16 Å². The molecule has 3 atom stereocenters. The Labute approximate surface area is 116 Å². The van der Waals surface area contributed by atoms with Crippen LogP contribution in [0.2, 0.25) is 0 Å². The Morgan fingerprint density at radius 1 is 1.30 bits per heavy atom. The number of hydrogen-bond acceptors (Lipinski definition) is 3. The Bertz CT molecular complexity index is 609. The fourth-order valence-electron chi connectivity index (χ4n) is 3.79. The average Bonchev–Trinajstić information content (AvgIpc) is 2.84. The summed E-state index contributed by atoms with van der Waals surface area (Å²) in [5, 5.41) is 2.30. The largest absolute Gasteiger partial charge is 0.383 e. The minimum absolute atomic E-state index is 0.175. The van der Waals surface area contributed by atoms with Crippen LogP contribution in [0.5, 0.6) is 0 Å². The first-order valence-corrected chi connectivity index (χ1v) is 7.36. The third kappa shape index (κ3) is 1.84. The first kappa shape index (κ1) is 12.0. The number of carbonyl (C=O) groups is 1. The van der Waals surface area contributed by atoms with Gasteiger partial charge in [0.2, 0.25) is 5.91 Å². The summed E-state index contributed by atoms with van der Waals surface area (Å²) in [5.74, 6) is 2.36. The third-order valence-corrected chi connectivity index (χ3v) is 5.03. The molecule has 20 heavy (non-hydrogen) atoms. The molecule has 5 rings (SSSR count). The van der Waals surface area contributed by atoms with Crippen LogP contribution < -0.4 is 5.56 Å². The molecular formula is C15H18N2O3. The monoisotopic (exact) mass is 274 g/mol. The molecule has 2 heterocycles. The topological polar surface area (TPSA) is 66.3 Å². The van der Waals surface area contributed by atoms with Crippen molar-refractivity contribution in [2.45, 2.75) is 25.2 Å². The Morgan fingerprint density at radius 3 is 2.70 bits per heavy atom. The predicted molar refractivity (Wildman–Crippen MR) is 72.1 cm³/mol. The van der Waals surface area contributed by atoms with Gasteiger partial charge in [0.25, 0.3) is 5.56 Å². The van der Waals surface area contributed by atoms with E-state index in [9.17, 15) is 9.59 Å². The second-order valence-corrected chi connectivity index (χ2v) is 6.28. The van der Waals surface area contributed by atoms with Crippen LogP contribution in [0.4, 0.5) is 0 Å². The van der Waals surface area contributed by atoms with E-state index in [0.717, 1.165) is 12.8 Å². The van der Waals surface area contributed by atoms with Gasteiger partial charge in [0, 0.05) is 25.1 Å². The lowest BCUT2D eigenvalue weighted by molar-refractivity contribution is -0.143. The number of amides is 1. The standard InChI is InChI=1S/C15H18N2O3/c18-14-6-13(20-16-14)11-7-17(8-11)15(19)12-5-9-1-3-10(12)4-2-9/h1,3,6,9-12H,2,4-5,7-8H2,(H,16,18)/t9-,10+,12-/m1/s1. The third-order valence-electron chi connectivity index (χ3n) is 5.03. The van der Waals surface area contributed by atoms with Gasteiger partial charge < -0.3 is 9.42 Å². The number of hydrogen-bond donors (Lipinski definition) is 1. The van der Waals surface area contributed by atoms with Crippen LogP contribution in [0.15, 0.2) is 27.5 Å². The number of aromatic amines is 1. The molecule has 5 nitrogen and oxygen atoms in total. The number of nitrogens with zero attached hydrogens (tertiary/aromatic N) is 1. The quantitative estimate of drug-likeness (QED) is 0.831. The molecule has 1 saturated heterocycles. The van der Waals surface area contributed by atoms with E-state index >= 15 is 0 Å². The molecule has 1 aliphatic heterocycles. The summed E-state index contributed by atoms with van der Waals surface area (Å²) in [6.07, 6.45) is 7.93. The summed E-state index contributed by atoms with van der Waals surface area (Å²) < 4.78 is 5.10. The number of rotatable bonds is 2. The lowest BCUT2D eigenvalue weighted by Gasteiger charge is -2.44. The van der Waals surface area contributed by atoms with Gasteiger partial charge in [-0.1, -0.05) is 12.2 Å². The lowest BCUT2D eigenvalue weighted by atomic mass is 9.68. The Morgan fingerprint density at radius 2 is 2.15 bits per heavy atom. The van der Waals surface area contributed by atoms with Crippen LogP contribution in [0.1, 0.15) is 30.9 Å². The van der Waals surface area contributed by atoms with Crippen LogP contribution >= 0.6 is 0 Å². The van der Waals surface area contributed by atoms with E-state index in [1.54, 1.807) is 0 Å². The fraction of sp³-hybridized carbons (Fsp3) is 0.600. The van der Waals surface area contributed by atoms with Crippen molar-refractivity contribution in [3.05, 3.63) is 34.3 Å². The van der Waals surface area contributed by atoms with E-state index in [-0.39, 0.29) is 23.3 Å². The SMILES string of the molecule is O=C([C@@H]1C[C@@H]2C=C[C@H]1CC2)N1CC(c2cc(=O)[nH]o2)C1. The fourth-order valence-corrected chi connectivity index (χ4v) is 3.79. The van der Waals surface area contributed by atoms with Crippen molar-refractivity contribution in [3.8, 4) is 0 Å². The number of fused-ring (bicyclic) bond motifs is 2. The summed E-state index contributed by atoms with van der Waals surface area (Å²) in [7, 11) is 0. The first-order chi connectivity index (χ1) is 9.70. The second-order valence-electron chi connectivity index (χ2n) is 6.28. The zero-order chi connectivity index (χ0) is 13.7. The summed E-state index contributed by atoms with van der Waals surface area (Å²) in [6.45, 7) is 1.36. The molecule has 0 radical (unpaired) electrons. The Hall–Kier alpha value is -1.78. The molecule has 1 aromatic rings. The van der Waals surface area contributed by atoms with E-state index in [0.29, 0.717) is 30.7 Å². The van der Waals surface area contributed by atoms with Gasteiger partial charge in [-0.05, 0) is 31.1 Å². The highest BCUT2D eigenvalue weighted by Gasteiger charge is 2.42. The number of allylic oxidation sites excluding steroid dienone is 2. The van der Waals surface area contributed by atoms with E-state index < -0.39 is 0 Å². The summed E-state index contributed by atoms with van der Waals surface area (Å²) in [6, 6.07) is 1.48. The lowest BCUT2D eigenvalue weighted by Crippen LogP contribution is -2.52. The zero-order valence-electron chi connectivity index (χ0n) is 11.2. The molecule has 2 bridgehead atoms. The van der Waals surface area contributed by atoms with Crippen molar-refractivity contribution in [3.63, 3.8) is 0 Å². The van der Waals surface area contributed by atoms with Crippen LogP contribution in [0.25, 0.3) is 0 Å². The minimum Gasteiger partial charge on any atom is -0.383 e. The molecule has 0 unspecified atom stereocenters. The maximum Gasteiger partial charge on any atom is 0.280 e. The van der Waals surface area contributed by atoms with Crippen molar-refractivity contribution >= 4 is 5.91 Å². The number of nitrogens with one attached hydrogen (secondary N) is 1. The molecule has 106 valence electrons. The molecule has 2 fully saturated rings. The number of H-pyrrole nitrogens is 1. The predicted octanol–water partition coefficient (Wildman–Crippen LogP) is 1.50. The number of likely N-dealkylation sites (tertiary alicyclic amines) is 1. The van der Waals surface area contributed by atoms with Gasteiger partial charge in [0.1, 0.15) is 5.76 Å². The van der Waals surface area contributed by atoms with Gasteiger partial charge in [0.15, 0.2) is 0 Å². The Balaban J connectivity index is 1.40. The van der Waals surface area contributed by atoms with Crippen molar-refractivity contribution in [2.24, 2.45) is 17.8 Å². The molecule has 1 N–H and O–H groups in total. The van der Waals surface area contributed by atoms with Crippen LogP contribution in [0.3, 0.4) is 0 Å². The van der Waals surface area contributed by atoms with Crippen molar-refractivity contribution in [1.82, 2.24) is 10.1 Å². The van der Waals surface area contributed by atoms with E-state index in [1.165, 1.54) is 12.5 Å². The minimum atomic E-state index is -0.209. The van der Waals surface area contributed by atoms with E-state index in [4.69, 9.17) is 4.52 Å². The number of aromatic nitrogens is 1. The van der Waals surface area contributed by atoms with Gasteiger partial charge in [-0.15, -0.1) is 0 Å². The van der Waals surface area contributed by atoms with Gasteiger partial charge >= 0.3 is 0 Å². The second kappa shape index (κ2) is 4.36. The van der Waals surface area contributed by atoms with Crippen molar-refractivity contribution in [1.29, 1.82) is 0 Å². The summed E-state index contributed by atoms with van der Waals surface area (Å²) in [4.78, 5) is 25.5. The van der Waals surface area contributed by atoms with E-state index in [2.05, 4.69) is 17.3 Å². The first-order valence-electron chi connectivity index (χ1n) is 7.36. The molecule has 1 saturated carbocycles. The van der Waals surface area contributed by atoms with E-state index in [1.807, 2.05) is 4.90 Å². The summed E-state index contributed by atoms with van der Waals surface area (Å²) >= 11 is 0. The normalized spacial score (nSPS) is 32.4. The van der Waals surface area contributed by atoms with Crippen LogP contribution in [-0.4, -0.2) is 29.1 Å². The average molecular weight is 274 g/mol. The molecular weight excluding hydrogens is 256 g/mol. The molecule has 1 amide bonds. The van der Waals surface area contributed by atoms with Gasteiger partial charge in [0.05, 0.1) is 5.92 Å². The zero-order valence-corrected chi connectivity index (χ0v) is 11.2. The molecule has 5 heteroatoms. The molecule has 0 spiro atoms. The maximum absolute atomic E-state index is 12.5. The highest BCUT2D eigenvalue weighted by molar-refractivity contribution is 5.80. The van der Waals surface area contributed by atoms with Crippen molar-refractivity contribution in [2.75, 3.05) is 13.1 Å². The molecule has 4 aliphatic rings. The molecule has 1 aromatic heterocycles. The van der Waals surface area contributed by atoms with Crippen LogP contribution in [-0.2, 0) is 4.79 Å². The molecule has 3 aliphatic carbocycles. The Kier molecular flexibility index (Phi) is 2.62. The maximum atomic E-state index is 12.5. The highest BCUT2D eigenvalue weighted by Crippen LogP contribution is 2.42. The molecule has 0 aromatic carbocycles. The smallest absolute Gasteiger partial charge is 0.280 e. The van der Waals surface area contributed by atoms with Crippen LogP contribution in [0, 0.1) is 17.8 Å². The van der Waals surface area contributed by atoms with Crippen molar-refractivity contribution < 1.29 is 9.32 Å². The summed E-state index contributed by atoms with van der Waals surface area (Å²) in [5.41, 5.74) is -0.209. The highest BCUT2D eigenvalue weighted by atomic mass is 16.5. The number of carbonyl (C=O) groups excluding carboxylic acids is 1.